The minimum absolute atomic E-state index is 0.00813. The number of hydrogen-bond acceptors (Lipinski definition) is 7. The number of carbonyl (C=O) groups is 1. The minimum Gasteiger partial charge on any atom is -0.381 e. The summed E-state index contributed by atoms with van der Waals surface area (Å²) in [6.45, 7) is 5.67. The van der Waals surface area contributed by atoms with E-state index in [0.717, 1.165) is 79.9 Å². The predicted molar refractivity (Wildman–Crippen MR) is 150 cm³/mol. The van der Waals surface area contributed by atoms with E-state index in [0.29, 0.717) is 30.3 Å². The number of carbonyl (C=O) groups excluding carboxylic acids is 1. The lowest BCUT2D eigenvalue weighted by Crippen LogP contribution is -2.53. The summed E-state index contributed by atoms with van der Waals surface area (Å²) < 4.78 is 13.1. The van der Waals surface area contributed by atoms with Crippen LogP contribution in [0.15, 0.2) is 49.1 Å². The summed E-state index contributed by atoms with van der Waals surface area (Å²) in [5.74, 6) is -0.00813. The van der Waals surface area contributed by atoms with Crippen LogP contribution in [0.2, 0.25) is 0 Å². The van der Waals surface area contributed by atoms with Crippen LogP contribution >= 0.6 is 0 Å². The third kappa shape index (κ3) is 6.00. The molecule has 1 amide bonds. The van der Waals surface area contributed by atoms with Crippen LogP contribution in [0.25, 0.3) is 16.8 Å². The van der Waals surface area contributed by atoms with Crippen LogP contribution < -0.4 is 10.6 Å². The third-order valence-corrected chi connectivity index (χ3v) is 8.24. The smallest absolute Gasteiger partial charge is 0.251 e. The van der Waals surface area contributed by atoms with Gasteiger partial charge in [0.1, 0.15) is 0 Å². The van der Waals surface area contributed by atoms with E-state index in [1.54, 1.807) is 7.11 Å². The first-order valence-corrected chi connectivity index (χ1v) is 14.1. The number of benzene rings is 1. The predicted octanol–water partition coefficient (Wildman–Crippen LogP) is 3.82. The van der Waals surface area contributed by atoms with Crippen LogP contribution in [0.5, 0.6) is 0 Å². The number of nitrogens with one attached hydrogen (secondary N) is 2. The van der Waals surface area contributed by atoms with Gasteiger partial charge in [0, 0.05) is 62.3 Å². The van der Waals surface area contributed by atoms with Gasteiger partial charge in [-0.05, 0) is 68.4 Å². The largest absolute Gasteiger partial charge is 0.381 e. The number of ether oxygens (including phenoxy) is 2. The number of rotatable bonds is 8. The Labute approximate surface area is 229 Å². The Balaban J connectivity index is 1.10. The molecule has 206 valence electrons. The maximum atomic E-state index is 12.6. The quantitative estimate of drug-likeness (QED) is 0.457. The van der Waals surface area contributed by atoms with E-state index in [1.807, 2.05) is 47.7 Å². The number of methoxy groups -OCH3 is 1. The average Bonchev–Trinajstić information content (AvgIpc) is 3.65. The summed E-state index contributed by atoms with van der Waals surface area (Å²) in [7, 11) is 1.79. The first kappa shape index (κ1) is 26.0. The fourth-order valence-electron chi connectivity index (χ4n) is 5.76. The second-order valence-electron chi connectivity index (χ2n) is 11.0. The van der Waals surface area contributed by atoms with Crippen molar-refractivity contribution < 1.29 is 14.3 Å². The average molecular weight is 531 g/mol. The van der Waals surface area contributed by atoms with Crippen molar-refractivity contribution in [2.24, 2.45) is 0 Å². The van der Waals surface area contributed by atoms with E-state index >= 15 is 0 Å². The maximum absolute atomic E-state index is 12.6. The molecule has 1 aromatic carbocycles. The third-order valence-electron chi connectivity index (χ3n) is 8.24. The molecule has 1 saturated carbocycles. The summed E-state index contributed by atoms with van der Waals surface area (Å²) in [6.07, 6.45) is 13.1. The van der Waals surface area contributed by atoms with Crippen LogP contribution in [0, 0.1) is 6.92 Å². The van der Waals surface area contributed by atoms with Crippen LogP contribution in [0.1, 0.15) is 48.0 Å². The van der Waals surface area contributed by atoms with Crippen molar-refractivity contribution in [3.05, 3.63) is 60.2 Å². The Bertz CT molecular complexity index is 1300. The molecule has 2 N–H and O–H groups in total. The molecule has 6 rings (SSSR count). The highest BCUT2D eigenvalue weighted by atomic mass is 16.5. The molecule has 2 unspecified atom stereocenters. The molecule has 3 aromatic rings. The van der Waals surface area contributed by atoms with E-state index in [-0.39, 0.29) is 12.0 Å². The van der Waals surface area contributed by atoms with Crippen molar-refractivity contribution in [2.45, 2.75) is 63.3 Å². The second-order valence-corrected chi connectivity index (χ2v) is 11.0. The summed E-state index contributed by atoms with van der Waals surface area (Å²) in [4.78, 5) is 19.6. The van der Waals surface area contributed by atoms with Gasteiger partial charge in [0.25, 0.3) is 5.91 Å². The molecule has 2 aliphatic heterocycles. The first-order valence-electron chi connectivity index (χ1n) is 14.1. The van der Waals surface area contributed by atoms with E-state index in [4.69, 9.17) is 9.47 Å². The highest BCUT2D eigenvalue weighted by Crippen LogP contribution is 2.28. The molecule has 2 saturated heterocycles. The van der Waals surface area contributed by atoms with Crippen molar-refractivity contribution in [1.82, 2.24) is 25.0 Å². The molecule has 1 aliphatic carbocycles. The molecule has 2 aromatic heterocycles. The van der Waals surface area contributed by atoms with Gasteiger partial charge in [0.2, 0.25) is 0 Å². The number of aryl methyl sites for hydroxylation is 1. The van der Waals surface area contributed by atoms with Crippen LogP contribution in [0.4, 0.5) is 5.69 Å². The highest BCUT2D eigenvalue weighted by Gasteiger charge is 2.33. The number of aromatic nitrogens is 3. The Morgan fingerprint density at radius 2 is 1.90 bits per heavy atom. The van der Waals surface area contributed by atoms with Gasteiger partial charge in [-0.15, -0.1) is 0 Å². The maximum Gasteiger partial charge on any atom is 0.251 e. The topological polar surface area (TPSA) is 93.5 Å². The summed E-state index contributed by atoms with van der Waals surface area (Å²) in [5.41, 5.74) is 5.67. The van der Waals surface area contributed by atoms with Crippen LogP contribution in [-0.4, -0.2) is 83.2 Å². The Kier molecular flexibility index (Phi) is 7.63. The summed E-state index contributed by atoms with van der Waals surface area (Å²) in [6, 6.07) is 9.14. The molecule has 3 aliphatic rings. The van der Waals surface area contributed by atoms with Gasteiger partial charge in [-0.3, -0.25) is 14.7 Å². The zero-order valence-electron chi connectivity index (χ0n) is 22.8. The molecule has 2 atom stereocenters. The molecule has 0 spiro atoms. The zero-order chi connectivity index (χ0) is 26.8. The van der Waals surface area contributed by atoms with Gasteiger partial charge in [0.15, 0.2) is 0 Å². The normalized spacial score (nSPS) is 22.5. The lowest BCUT2D eigenvalue weighted by molar-refractivity contribution is -0.0863. The van der Waals surface area contributed by atoms with Crippen LogP contribution in [0.3, 0.4) is 0 Å². The number of hydrogen-bond donors (Lipinski definition) is 2. The van der Waals surface area contributed by atoms with Crippen molar-refractivity contribution in [3.63, 3.8) is 0 Å². The number of likely N-dealkylation sites (tertiary alicyclic amines) is 1. The van der Waals surface area contributed by atoms with Gasteiger partial charge in [-0.1, -0.05) is 6.07 Å². The molecule has 9 heteroatoms. The van der Waals surface area contributed by atoms with Gasteiger partial charge < -0.3 is 20.1 Å². The number of pyridine rings is 1. The van der Waals surface area contributed by atoms with Crippen molar-refractivity contribution in [3.8, 4) is 16.8 Å². The molecule has 0 radical (unpaired) electrons. The molecule has 4 heterocycles. The highest BCUT2D eigenvalue weighted by molar-refractivity contribution is 5.96. The lowest BCUT2D eigenvalue weighted by Gasteiger charge is -2.42. The second kappa shape index (κ2) is 11.5. The molecular weight excluding hydrogens is 492 g/mol. The molecule has 0 bridgehead atoms. The Morgan fingerprint density at radius 1 is 1.05 bits per heavy atom. The summed E-state index contributed by atoms with van der Waals surface area (Å²) >= 11 is 0. The molecular formula is C30H38N6O3. The van der Waals surface area contributed by atoms with Gasteiger partial charge in [0.05, 0.1) is 42.7 Å². The van der Waals surface area contributed by atoms with E-state index in [9.17, 15) is 4.79 Å². The first-order chi connectivity index (χ1) is 19.1. The Hall–Kier alpha value is -3.27. The number of amides is 1. The monoisotopic (exact) mass is 530 g/mol. The fraction of sp³-hybridized carbons (Fsp3) is 0.500. The van der Waals surface area contributed by atoms with Crippen molar-refractivity contribution in [2.75, 3.05) is 38.7 Å². The van der Waals surface area contributed by atoms with Gasteiger partial charge in [-0.25, -0.2) is 4.68 Å². The summed E-state index contributed by atoms with van der Waals surface area (Å²) in [5, 5.41) is 11.4. The van der Waals surface area contributed by atoms with Crippen molar-refractivity contribution in [1.29, 1.82) is 0 Å². The fourth-order valence-corrected chi connectivity index (χ4v) is 5.76. The van der Waals surface area contributed by atoms with Crippen molar-refractivity contribution >= 4 is 11.6 Å². The Morgan fingerprint density at radius 3 is 2.69 bits per heavy atom. The zero-order valence-corrected chi connectivity index (χ0v) is 22.8. The van der Waals surface area contributed by atoms with E-state index < -0.39 is 0 Å². The molecule has 3 fully saturated rings. The minimum atomic E-state index is -0.00813. The van der Waals surface area contributed by atoms with Gasteiger partial charge >= 0.3 is 0 Å². The van der Waals surface area contributed by atoms with Crippen LogP contribution in [-0.2, 0) is 9.47 Å². The molecule has 39 heavy (non-hydrogen) atoms. The van der Waals surface area contributed by atoms with Gasteiger partial charge in [-0.2, -0.15) is 5.10 Å². The van der Waals surface area contributed by atoms with E-state index in [1.165, 1.54) is 0 Å². The number of piperidine rings is 1. The van der Waals surface area contributed by atoms with E-state index in [2.05, 4.69) is 38.6 Å². The standard InChI is InChI=1S/C30H38N6O3/c1-20-3-4-21(30(37)34-23-5-6-23)13-27(20)22-15-32-36(18-22)26-14-25(16-31-17-26)33-24-7-10-35(11-8-24)28-9-12-39-19-29(28)38-2/h3-4,13-18,23-24,28-29,33H,5-12,19H2,1-2H3,(H,34,37). The molecule has 9 nitrogen and oxygen atoms in total. The lowest BCUT2D eigenvalue weighted by atomic mass is 9.98. The number of anilines is 1. The SMILES string of the molecule is COC1COCCC1N1CCC(Nc2cncc(-n3cc(-c4cc(C(=O)NC5CC5)ccc4C)cn3)c2)CC1. The number of nitrogens with zero attached hydrogens (tertiary/aromatic N) is 4.